The monoisotopic (exact) mass is 116 g/mol. The molecule has 0 aliphatic heterocycles. The summed E-state index contributed by atoms with van der Waals surface area (Å²) in [4.78, 5) is 10.0. The first-order valence-corrected chi connectivity index (χ1v) is 2.70. The molecule has 0 spiro atoms. The molecule has 2 atom stereocenters. The van der Waals surface area contributed by atoms with Crippen LogP contribution in [0.2, 0.25) is 0 Å². The van der Waals surface area contributed by atoms with E-state index in [2.05, 4.69) is 0 Å². The van der Waals surface area contributed by atoms with E-state index in [1.807, 2.05) is 13.8 Å². The van der Waals surface area contributed by atoms with Crippen LogP contribution in [0.25, 0.3) is 0 Å². The van der Waals surface area contributed by atoms with Crippen LogP contribution >= 0.6 is 0 Å². The molecule has 48 valence electrons. The molecule has 8 heavy (non-hydrogen) atoms. The molecule has 2 heteroatoms. The van der Waals surface area contributed by atoms with Gasteiger partial charge in [0.1, 0.15) is 6.29 Å². The molecule has 2 unspecified atom stereocenters. The highest BCUT2D eigenvalue weighted by molar-refractivity contribution is 5.53. The Kier molecular flexibility index (Phi) is 3.44. The van der Waals surface area contributed by atoms with Crippen molar-refractivity contribution in [2.75, 3.05) is 7.11 Å². The van der Waals surface area contributed by atoms with Crippen LogP contribution in [0.1, 0.15) is 13.8 Å². The normalized spacial score (nSPS) is 17.4. The lowest BCUT2D eigenvalue weighted by Gasteiger charge is -2.10. The van der Waals surface area contributed by atoms with Gasteiger partial charge in [-0.25, -0.2) is 0 Å². The third kappa shape index (κ3) is 2.07. The number of aldehydes is 1. The van der Waals surface area contributed by atoms with Crippen LogP contribution in [-0.4, -0.2) is 19.5 Å². The van der Waals surface area contributed by atoms with E-state index in [4.69, 9.17) is 4.74 Å². The predicted octanol–water partition coefficient (Wildman–Crippen LogP) is 0.856. The van der Waals surface area contributed by atoms with Crippen molar-refractivity contribution in [3.8, 4) is 0 Å². The minimum atomic E-state index is 0.0139. The second kappa shape index (κ2) is 3.61. The number of carbonyl (C=O) groups excluding carboxylic acids is 1. The zero-order valence-corrected chi connectivity index (χ0v) is 5.55. The van der Waals surface area contributed by atoms with Gasteiger partial charge in [-0.05, 0) is 6.92 Å². The molecular formula is C6H12O2. The van der Waals surface area contributed by atoms with Crippen LogP contribution in [0, 0.1) is 5.92 Å². The summed E-state index contributed by atoms with van der Waals surface area (Å²) < 4.78 is 4.87. The quantitative estimate of drug-likeness (QED) is 0.511. The maximum Gasteiger partial charge on any atom is 0.125 e. The molecule has 0 bridgehead atoms. The number of hydrogen-bond donors (Lipinski definition) is 0. The molecule has 0 radical (unpaired) electrons. The lowest BCUT2D eigenvalue weighted by Crippen LogP contribution is -2.16. The molecule has 0 amide bonds. The van der Waals surface area contributed by atoms with Crippen molar-refractivity contribution < 1.29 is 9.53 Å². The van der Waals surface area contributed by atoms with Crippen LogP contribution in [-0.2, 0) is 9.53 Å². The van der Waals surface area contributed by atoms with E-state index in [0.29, 0.717) is 0 Å². The molecule has 0 aromatic carbocycles. The first kappa shape index (κ1) is 7.63. The molecule has 0 rings (SSSR count). The zero-order valence-electron chi connectivity index (χ0n) is 5.55. The van der Waals surface area contributed by atoms with E-state index in [9.17, 15) is 4.79 Å². The Bertz CT molecular complexity index is 70.9. The van der Waals surface area contributed by atoms with E-state index < -0.39 is 0 Å². The maximum atomic E-state index is 10.0. The van der Waals surface area contributed by atoms with Gasteiger partial charge in [-0.3, -0.25) is 0 Å². The summed E-state index contributed by atoms with van der Waals surface area (Å²) in [6, 6.07) is 0. The molecule has 0 aromatic heterocycles. The second-order valence-corrected chi connectivity index (χ2v) is 1.94. The van der Waals surface area contributed by atoms with Gasteiger partial charge < -0.3 is 9.53 Å². The van der Waals surface area contributed by atoms with Gasteiger partial charge in [0.2, 0.25) is 0 Å². The van der Waals surface area contributed by atoms with Gasteiger partial charge in [0, 0.05) is 13.0 Å². The average Bonchev–Trinajstić information content (AvgIpc) is 1.84. The SMILES string of the molecule is COC(C)C(C)C=O. The first-order valence-electron chi connectivity index (χ1n) is 2.70. The van der Waals surface area contributed by atoms with Gasteiger partial charge in [0.05, 0.1) is 6.10 Å². The Hall–Kier alpha value is -0.370. The van der Waals surface area contributed by atoms with Gasteiger partial charge >= 0.3 is 0 Å². The third-order valence-electron chi connectivity index (χ3n) is 1.33. The fourth-order valence-electron chi connectivity index (χ4n) is 0.325. The Morgan fingerprint density at radius 2 is 2.00 bits per heavy atom. The molecule has 0 saturated carbocycles. The number of carbonyl (C=O) groups is 1. The Morgan fingerprint density at radius 1 is 1.50 bits per heavy atom. The summed E-state index contributed by atoms with van der Waals surface area (Å²) in [5, 5.41) is 0. The minimum absolute atomic E-state index is 0.0139. The molecule has 0 fully saturated rings. The minimum Gasteiger partial charge on any atom is -0.381 e. The largest absolute Gasteiger partial charge is 0.381 e. The molecule has 0 aliphatic carbocycles. The van der Waals surface area contributed by atoms with Crippen LogP contribution in [0.4, 0.5) is 0 Å². The van der Waals surface area contributed by atoms with Crippen molar-refractivity contribution in [1.82, 2.24) is 0 Å². The van der Waals surface area contributed by atoms with Gasteiger partial charge in [-0.2, -0.15) is 0 Å². The maximum absolute atomic E-state index is 10.0. The predicted molar refractivity (Wildman–Crippen MR) is 31.7 cm³/mol. The number of methoxy groups -OCH3 is 1. The highest BCUT2D eigenvalue weighted by Crippen LogP contribution is 2.00. The zero-order chi connectivity index (χ0) is 6.57. The Morgan fingerprint density at radius 3 is 2.12 bits per heavy atom. The molecule has 0 heterocycles. The molecule has 0 aromatic rings. The van der Waals surface area contributed by atoms with Gasteiger partial charge in [-0.15, -0.1) is 0 Å². The van der Waals surface area contributed by atoms with Crippen LogP contribution in [0.15, 0.2) is 0 Å². The summed E-state index contributed by atoms with van der Waals surface area (Å²) in [6.45, 7) is 3.71. The average molecular weight is 116 g/mol. The Labute approximate surface area is 49.8 Å². The van der Waals surface area contributed by atoms with E-state index in [0.717, 1.165) is 6.29 Å². The van der Waals surface area contributed by atoms with Crippen molar-refractivity contribution >= 4 is 6.29 Å². The number of ether oxygens (including phenoxy) is 1. The number of rotatable bonds is 3. The van der Waals surface area contributed by atoms with Crippen LogP contribution in [0.5, 0.6) is 0 Å². The van der Waals surface area contributed by atoms with Gasteiger partial charge in [0.15, 0.2) is 0 Å². The fourth-order valence-corrected chi connectivity index (χ4v) is 0.325. The third-order valence-corrected chi connectivity index (χ3v) is 1.33. The molecule has 0 N–H and O–H groups in total. The summed E-state index contributed by atoms with van der Waals surface area (Å²) in [7, 11) is 1.60. The fraction of sp³-hybridized carbons (Fsp3) is 0.833. The first-order chi connectivity index (χ1) is 3.72. The Balaban J connectivity index is 3.44. The highest BCUT2D eigenvalue weighted by Gasteiger charge is 2.07. The smallest absolute Gasteiger partial charge is 0.125 e. The molecule has 0 aliphatic rings. The van der Waals surface area contributed by atoms with Crippen molar-refractivity contribution in [2.24, 2.45) is 5.92 Å². The molecule has 2 nitrogen and oxygen atoms in total. The molecular weight excluding hydrogens is 104 g/mol. The highest BCUT2D eigenvalue weighted by atomic mass is 16.5. The van der Waals surface area contributed by atoms with Crippen LogP contribution < -0.4 is 0 Å². The molecule has 0 saturated heterocycles. The van der Waals surface area contributed by atoms with E-state index in [-0.39, 0.29) is 12.0 Å². The lowest BCUT2D eigenvalue weighted by atomic mass is 10.1. The van der Waals surface area contributed by atoms with Gasteiger partial charge in [0.25, 0.3) is 0 Å². The van der Waals surface area contributed by atoms with Crippen molar-refractivity contribution in [2.45, 2.75) is 20.0 Å². The second-order valence-electron chi connectivity index (χ2n) is 1.94. The summed E-state index contributed by atoms with van der Waals surface area (Å²) >= 11 is 0. The topological polar surface area (TPSA) is 26.3 Å². The van der Waals surface area contributed by atoms with Gasteiger partial charge in [-0.1, -0.05) is 6.92 Å². The lowest BCUT2D eigenvalue weighted by molar-refractivity contribution is -0.113. The van der Waals surface area contributed by atoms with Crippen molar-refractivity contribution in [3.05, 3.63) is 0 Å². The van der Waals surface area contributed by atoms with Crippen molar-refractivity contribution in [1.29, 1.82) is 0 Å². The standard InChI is InChI=1S/C6H12O2/c1-5(4-7)6(2)8-3/h4-6H,1-3H3. The van der Waals surface area contributed by atoms with E-state index >= 15 is 0 Å². The van der Waals surface area contributed by atoms with E-state index in [1.165, 1.54) is 0 Å². The summed E-state index contributed by atoms with van der Waals surface area (Å²) in [6.07, 6.45) is 0.946. The summed E-state index contributed by atoms with van der Waals surface area (Å²) in [5.41, 5.74) is 0. The van der Waals surface area contributed by atoms with Crippen molar-refractivity contribution in [3.63, 3.8) is 0 Å². The van der Waals surface area contributed by atoms with E-state index in [1.54, 1.807) is 7.11 Å². The number of hydrogen-bond acceptors (Lipinski definition) is 2. The van der Waals surface area contributed by atoms with Crippen LogP contribution in [0.3, 0.4) is 0 Å². The summed E-state index contributed by atoms with van der Waals surface area (Å²) in [5.74, 6) is 0.0139.